The first kappa shape index (κ1) is 16.8. The molecule has 3 aromatic rings. The van der Waals surface area contributed by atoms with Crippen LogP contribution in [0, 0.1) is 0 Å². The molecular formula is C21H23N3O2. The van der Waals surface area contributed by atoms with Crippen LogP contribution in [0.2, 0.25) is 0 Å². The minimum atomic E-state index is 0.00480. The van der Waals surface area contributed by atoms with Crippen molar-refractivity contribution in [1.29, 1.82) is 0 Å². The van der Waals surface area contributed by atoms with Crippen LogP contribution in [0.1, 0.15) is 28.9 Å². The molecule has 1 aliphatic rings. The van der Waals surface area contributed by atoms with E-state index in [0.29, 0.717) is 5.69 Å². The van der Waals surface area contributed by atoms with Gasteiger partial charge in [0.05, 0.1) is 18.2 Å². The number of amides is 1. The zero-order valence-corrected chi connectivity index (χ0v) is 14.7. The number of nitrogens with zero attached hydrogens (tertiary/aromatic N) is 2. The van der Waals surface area contributed by atoms with E-state index in [-0.39, 0.29) is 12.0 Å². The second-order valence-electron chi connectivity index (χ2n) is 6.72. The number of rotatable bonds is 5. The maximum absolute atomic E-state index is 12.8. The fourth-order valence-corrected chi connectivity index (χ4v) is 3.49. The average Bonchev–Trinajstić information content (AvgIpc) is 3.13. The summed E-state index contributed by atoms with van der Waals surface area (Å²) in [7, 11) is 0. The van der Waals surface area contributed by atoms with Crippen molar-refractivity contribution in [2.24, 2.45) is 0 Å². The lowest BCUT2D eigenvalue weighted by Crippen LogP contribution is -2.41. The Balaban J connectivity index is 1.28. The van der Waals surface area contributed by atoms with Gasteiger partial charge in [-0.2, -0.15) is 5.10 Å². The summed E-state index contributed by atoms with van der Waals surface area (Å²) in [5.74, 6) is 0.00480. The third-order valence-electron chi connectivity index (χ3n) is 4.99. The number of carbonyl (C=O) groups excluding carboxylic acids is 1. The van der Waals surface area contributed by atoms with Gasteiger partial charge in [-0.25, -0.2) is 0 Å². The number of carbonyl (C=O) groups is 1. The standard InChI is InChI=1S/C21H23N3O2/c25-21(20-18-8-4-5-9-19(18)22-23-20)24-13-10-17(11-14-24)26-15-12-16-6-2-1-3-7-16/h1-9,17H,10-15H2,(H,22,23). The van der Waals surface area contributed by atoms with Gasteiger partial charge in [0, 0.05) is 18.5 Å². The maximum atomic E-state index is 12.8. The van der Waals surface area contributed by atoms with E-state index >= 15 is 0 Å². The minimum Gasteiger partial charge on any atom is -0.378 e. The highest BCUT2D eigenvalue weighted by Gasteiger charge is 2.26. The zero-order chi connectivity index (χ0) is 17.8. The van der Waals surface area contributed by atoms with Crippen LogP contribution >= 0.6 is 0 Å². The van der Waals surface area contributed by atoms with Crippen molar-refractivity contribution in [3.63, 3.8) is 0 Å². The average molecular weight is 349 g/mol. The van der Waals surface area contributed by atoms with Gasteiger partial charge < -0.3 is 9.64 Å². The Kier molecular flexibility index (Phi) is 4.97. The smallest absolute Gasteiger partial charge is 0.274 e. The molecule has 1 saturated heterocycles. The Hall–Kier alpha value is -2.66. The second-order valence-corrected chi connectivity index (χ2v) is 6.72. The number of H-pyrrole nitrogens is 1. The minimum absolute atomic E-state index is 0.00480. The first-order chi connectivity index (χ1) is 12.8. The third kappa shape index (κ3) is 3.63. The fraction of sp³-hybridized carbons (Fsp3) is 0.333. The van der Waals surface area contributed by atoms with E-state index < -0.39 is 0 Å². The summed E-state index contributed by atoms with van der Waals surface area (Å²) in [5, 5.41) is 8.05. The van der Waals surface area contributed by atoms with Crippen LogP contribution < -0.4 is 0 Å². The van der Waals surface area contributed by atoms with Crippen LogP contribution in [0.25, 0.3) is 10.9 Å². The molecule has 0 bridgehead atoms. The van der Waals surface area contributed by atoms with Crippen molar-refractivity contribution in [2.45, 2.75) is 25.4 Å². The lowest BCUT2D eigenvalue weighted by atomic mass is 10.1. The summed E-state index contributed by atoms with van der Waals surface area (Å²) in [5.41, 5.74) is 2.71. The summed E-state index contributed by atoms with van der Waals surface area (Å²) < 4.78 is 6.02. The summed E-state index contributed by atoms with van der Waals surface area (Å²) in [4.78, 5) is 14.7. The van der Waals surface area contributed by atoms with Crippen molar-refractivity contribution in [3.05, 3.63) is 65.9 Å². The van der Waals surface area contributed by atoms with E-state index in [0.717, 1.165) is 49.9 Å². The number of benzene rings is 2. The van der Waals surface area contributed by atoms with E-state index in [1.165, 1.54) is 5.56 Å². The van der Waals surface area contributed by atoms with Gasteiger partial charge in [-0.05, 0) is 30.9 Å². The number of aromatic amines is 1. The number of ether oxygens (including phenoxy) is 1. The van der Waals surface area contributed by atoms with Crippen LogP contribution in [-0.2, 0) is 11.2 Å². The Morgan fingerprint density at radius 3 is 2.62 bits per heavy atom. The van der Waals surface area contributed by atoms with E-state index in [2.05, 4.69) is 34.5 Å². The fourth-order valence-electron chi connectivity index (χ4n) is 3.49. The van der Waals surface area contributed by atoms with Crippen LogP contribution in [0.3, 0.4) is 0 Å². The molecule has 26 heavy (non-hydrogen) atoms. The topological polar surface area (TPSA) is 58.2 Å². The van der Waals surface area contributed by atoms with Crippen LogP contribution in [0.15, 0.2) is 54.6 Å². The van der Waals surface area contributed by atoms with Crippen molar-refractivity contribution in [3.8, 4) is 0 Å². The molecule has 0 aliphatic carbocycles. The molecule has 1 aromatic heterocycles. The van der Waals surface area contributed by atoms with Crippen molar-refractivity contribution < 1.29 is 9.53 Å². The molecule has 5 nitrogen and oxygen atoms in total. The Morgan fingerprint density at radius 2 is 1.81 bits per heavy atom. The number of piperidine rings is 1. The number of hydrogen-bond donors (Lipinski definition) is 1. The van der Waals surface area contributed by atoms with E-state index in [1.807, 2.05) is 35.2 Å². The number of aromatic nitrogens is 2. The van der Waals surface area contributed by atoms with Crippen molar-refractivity contribution >= 4 is 16.8 Å². The lowest BCUT2D eigenvalue weighted by molar-refractivity contribution is 0.00994. The van der Waals surface area contributed by atoms with Gasteiger partial charge >= 0.3 is 0 Å². The van der Waals surface area contributed by atoms with Gasteiger partial charge in [0.25, 0.3) is 5.91 Å². The van der Waals surface area contributed by atoms with Gasteiger partial charge in [-0.1, -0.05) is 48.5 Å². The molecule has 0 saturated carbocycles. The summed E-state index contributed by atoms with van der Waals surface area (Å²) in [6.07, 6.45) is 2.92. The summed E-state index contributed by atoms with van der Waals surface area (Å²) >= 11 is 0. The molecule has 134 valence electrons. The Labute approximate surface area is 153 Å². The number of para-hydroxylation sites is 1. The molecule has 0 unspecified atom stereocenters. The first-order valence-corrected chi connectivity index (χ1v) is 9.19. The molecule has 0 radical (unpaired) electrons. The molecule has 1 N–H and O–H groups in total. The predicted molar refractivity (Wildman–Crippen MR) is 101 cm³/mol. The largest absolute Gasteiger partial charge is 0.378 e. The van der Waals surface area contributed by atoms with E-state index in [1.54, 1.807) is 0 Å². The van der Waals surface area contributed by atoms with Gasteiger partial charge in [-0.3, -0.25) is 9.89 Å². The predicted octanol–water partition coefficient (Wildman–Crippen LogP) is 3.43. The molecule has 0 atom stereocenters. The number of hydrogen-bond acceptors (Lipinski definition) is 3. The van der Waals surface area contributed by atoms with Gasteiger partial charge in [0.2, 0.25) is 0 Å². The molecule has 2 aromatic carbocycles. The van der Waals surface area contributed by atoms with Crippen LogP contribution in [0.5, 0.6) is 0 Å². The number of nitrogens with one attached hydrogen (secondary N) is 1. The molecule has 1 fully saturated rings. The molecule has 1 amide bonds. The quantitative estimate of drug-likeness (QED) is 0.768. The number of likely N-dealkylation sites (tertiary alicyclic amines) is 1. The van der Waals surface area contributed by atoms with Gasteiger partial charge in [0.1, 0.15) is 0 Å². The zero-order valence-electron chi connectivity index (χ0n) is 14.7. The lowest BCUT2D eigenvalue weighted by Gasteiger charge is -2.31. The third-order valence-corrected chi connectivity index (χ3v) is 4.99. The normalized spacial score (nSPS) is 15.5. The molecular weight excluding hydrogens is 326 g/mol. The molecule has 1 aliphatic heterocycles. The van der Waals surface area contributed by atoms with E-state index in [9.17, 15) is 4.79 Å². The molecule has 2 heterocycles. The van der Waals surface area contributed by atoms with Crippen LogP contribution in [-0.4, -0.2) is 46.8 Å². The van der Waals surface area contributed by atoms with Crippen LogP contribution in [0.4, 0.5) is 0 Å². The highest BCUT2D eigenvalue weighted by atomic mass is 16.5. The maximum Gasteiger partial charge on any atom is 0.274 e. The summed E-state index contributed by atoms with van der Waals surface area (Å²) in [6, 6.07) is 18.1. The van der Waals surface area contributed by atoms with Gasteiger partial charge in [0.15, 0.2) is 5.69 Å². The molecule has 5 heteroatoms. The van der Waals surface area contributed by atoms with Gasteiger partial charge in [-0.15, -0.1) is 0 Å². The highest BCUT2D eigenvalue weighted by molar-refractivity contribution is 6.04. The van der Waals surface area contributed by atoms with Crippen molar-refractivity contribution in [2.75, 3.05) is 19.7 Å². The monoisotopic (exact) mass is 349 g/mol. The van der Waals surface area contributed by atoms with Crippen molar-refractivity contribution in [1.82, 2.24) is 15.1 Å². The number of fused-ring (bicyclic) bond motifs is 1. The Morgan fingerprint density at radius 1 is 1.08 bits per heavy atom. The first-order valence-electron chi connectivity index (χ1n) is 9.19. The molecule has 0 spiro atoms. The molecule has 4 rings (SSSR count). The van der Waals surface area contributed by atoms with E-state index in [4.69, 9.17) is 4.74 Å². The Bertz CT molecular complexity index is 867. The second kappa shape index (κ2) is 7.70. The summed E-state index contributed by atoms with van der Waals surface area (Å²) in [6.45, 7) is 2.17. The SMILES string of the molecule is O=C(c1n[nH]c2ccccc12)N1CCC(OCCc2ccccc2)CC1. The highest BCUT2D eigenvalue weighted by Crippen LogP contribution is 2.20.